The summed E-state index contributed by atoms with van der Waals surface area (Å²) in [5.74, 6) is -1.90. The number of benzene rings is 1. The molecule has 0 bridgehead atoms. The van der Waals surface area contributed by atoms with Crippen molar-refractivity contribution >= 4 is 11.9 Å². The van der Waals surface area contributed by atoms with Gasteiger partial charge in [-0.05, 0) is 32.8 Å². The summed E-state index contributed by atoms with van der Waals surface area (Å²) in [5.41, 5.74) is 1.36. The smallest absolute Gasteiger partial charge is 0.323 e. The van der Waals surface area contributed by atoms with E-state index in [2.05, 4.69) is 4.74 Å². The molecule has 1 unspecified atom stereocenters. The van der Waals surface area contributed by atoms with Crippen LogP contribution in [0.1, 0.15) is 23.6 Å². The van der Waals surface area contributed by atoms with Crippen molar-refractivity contribution in [1.29, 1.82) is 0 Å². The summed E-state index contributed by atoms with van der Waals surface area (Å²) < 4.78 is 4.59. The number of carboxylic acid groups (broad SMARTS) is 1. The maximum Gasteiger partial charge on any atom is 0.323 e. The van der Waals surface area contributed by atoms with Crippen LogP contribution in [0.15, 0.2) is 18.2 Å². The first-order valence-corrected chi connectivity index (χ1v) is 5.68. The second kappa shape index (κ2) is 5.21. The van der Waals surface area contributed by atoms with Crippen LogP contribution in [0.5, 0.6) is 0 Å². The summed E-state index contributed by atoms with van der Waals surface area (Å²) in [6.07, 6.45) is 0.123. The van der Waals surface area contributed by atoms with Crippen molar-refractivity contribution in [3.63, 3.8) is 0 Å². The number of hydrogen-bond acceptors (Lipinski definition) is 3. The standard InChI is InChI=1S/C14H18O4/c1-9-5-10(2)7-11(6-9)8-14(3,12(15)16)13(17)18-4/h5-7H,8H2,1-4H3,(H,15,16). The molecule has 4 heteroatoms. The normalized spacial score (nSPS) is 13.8. The largest absolute Gasteiger partial charge is 0.480 e. The third kappa shape index (κ3) is 2.88. The lowest BCUT2D eigenvalue weighted by atomic mass is 9.83. The van der Waals surface area contributed by atoms with Crippen LogP contribution < -0.4 is 0 Å². The topological polar surface area (TPSA) is 63.6 Å². The van der Waals surface area contributed by atoms with Gasteiger partial charge in [-0.3, -0.25) is 9.59 Å². The first kappa shape index (κ1) is 14.2. The van der Waals surface area contributed by atoms with E-state index in [-0.39, 0.29) is 6.42 Å². The maximum absolute atomic E-state index is 11.6. The van der Waals surface area contributed by atoms with Crippen molar-refractivity contribution in [2.45, 2.75) is 27.2 Å². The van der Waals surface area contributed by atoms with Crippen molar-refractivity contribution in [2.24, 2.45) is 5.41 Å². The van der Waals surface area contributed by atoms with Crippen LogP contribution in [0, 0.1) is 19.3 Å². The molecule has 98 valence electrons. The van der Waals surface area contributed by atoms with Crippen LogP contribution in [0.4, 0.5) is 0 Å². The van der Waals surface area contributed by atoms with E-state index in [1.54, 1.807) is 0 Å². The molecule has 1 N–H and O–H groups in total. The summed E-state index contributed by atoms with van der Waals surface area (Å²) in [6.45, 7) is 5.26. The Kier molecular flexibility index (Phi) is 4.11. The molecule has 0 aromatic heterocycles. The predicted octanol–water partition coefficient (Wildman–Crippen LogP) is 2.11. The number of methoxy groups -OCH3 is 1. The molecular weight excluding hydrogens is 232 g/mol. The number of esters is 1. The Morgan fingerprint density at radius 1 is 1.22 bits per heavy atom. The van der Waals surface area contributed by atoms with Crippen LogP contribution in [0.2, 0.25) is 0 Å². The molecule has 0 aliphatic rings. The lowest BCUT2D eigenvalue weighted by Gasteiger charge is -2.22. The molecule has 0 amide bonds. The average molecular weight is 250 g/mol. The highest BCUT2D eigenvalue weighted by molar-refractivity contribution is 5.98. The highest BCUT2D eigenvalue weighted by atomic mass is 16.5. The summed E-state index contributed by atoms with van der Waals surface area (Å²) in [7, 11) is 1.20. The first-order chi connectivity index (χ1) is 8.29. The van der Waals surface area contributed by atoms with Crippen LogP contribution in [0.25, 0.3) is 0 Å². The number of rotatable bonds is 4. The Hall–Kier alpha value is -1.84. The average Bonchev–Trinajstić information content (AvgIpc) is 2.25. The van der Waals surface area contributed by atoms with E-state index >= 15 is 0 Å². The van der Waals surface area contributed by atoms with E-state index in [9.17, 15) is 14.7 Å². The maximum atomic E-state index is 11.6. The van der Waals surface area contributed by atoms with Gasteiger partial charge >= 0.3 is 11.9 Å². The molecule has 0 aliphatic carbocycles. The van der Waals surface area contributed by atoms with Gasteiger partial charge in [0.1, 0.15) is 0 Å². The summed E-state index contributed by atoms with van der Waals surface area (Å²) in [5, 5.41) is 9.23. The number of carboxylic acids is 1. The highest BCUT2D eigenvalue weighted by Crippen LogP contribution is 2.26. The van der Waals surface area contributed by atoms with Gasteiger partial charge in [-0.15, -0.1) is 0 Å². The molecule has 18 heavy (non-hydrogen) atoms. The molecule has 0 saturated carbocycles. The highest BCUT2D eigenvalue weighted by Gasteiger charge is 2.42. The second-order valence-corrected chi connectivity index (χ2v) is 4.80. The van der Waals surface area contributed by atoms with Crippen molar-refractivity contribution < 1.29 is 19.4 Å². The summed E-state index contributed by atoms with van der Waals surface area (Å²) >= 11 is 0. The zero-order chi connectivity index (χ0) is 13.9. The van der Waals surface area contributed by atoms with Gasteiger partial charge in [0.05, 0.1) is 7.11 Å². The number of carbonyl (C=O) groups is 2. The van der Waals surface area contributed by atoms with Crippen LogP contribution in [-0.4, -0.2) is 24.2 Å². The van der Waals surface area contributed by atoms with Gasteiger partial charge in [-0.2, -0.15) is 0 Å². The predicted molar refractivity (Wildman–Crippen MR) is 67.4 cm³/mol. The molecule has 1 atom stereocenters. The van der Waals surface area contributed by atoms with Gasteiger partial charge in [-0.25, -0.2) is 0 Å². The summed E-state index contributed by atoms with van der Waals surface area (Å²) in [4.78, 5) is 22.9. The molecule has 1 aromatic carbocycles. The van der Waals surface area contributed by atoms with Gasteiger partial charge < -0.3 is 9.84 Å². The first-order valence-electron chi connectivity index (χ1n) is 5.68. The number of carbonyl (C=O) groups excluding carboxylic acids is 1. The zero-order valence-electron chi connectivity index (χ0n) is 11.1. The lowest BCUT2D eigenvalue weighted by molar-refractivity contribution is -0.165. The minimum absolute atomic E-state index is 0.123. The molecule has 0 aliphatic heterocycles. The monoisotopic (exact) mass is 250 g/mol. The Labute approximate surface area is 107 Å². The van der Waals surface area contributed by atoms with Crippen molar-refractivity contribution in [1.82, 2.24) is 0 Å². The molecule has 1 aromatic rings. The van der Waals surface area contributed by atoms with Crippen molar-refractivity contribution in [2.75, 3.05) is 7.11 Å². The third-order valence-corrected chi connectivity index (χ3v) is 2.95. The fraction of sp³-hybridized carbons (Fsp3) is 0.429. The Morgan fingerprint density at radius 2 is 1.72 bits per heavy atom. The molecule has 1 rings (SSSR count). The molecular formula is C14H18O4. The van der Waals surface area contributed by atoms with E-state index in [1.807, 2.05) is 32.0 Å². The zero-order valence-corrected chi connectivity index (χ0v) is 11.1. The number of aryl methyl sites for hydroxylation is 2. The van der Waals surface area contributed by atoms with Gasteiger partial charge in [0, 0.05) is 0 Å². The van der Waals surface area contributed by atoms with Crippen LogP contribution in [0.3, 0.4) is 0 Å². The number of ether oxygens (including phenoxy) is 1. The van der Waals surface area contributed by atoms with E-state index in [4.69, 9.17) is 0 Å². The summed E-state index contributed by atoms with van der Waals surface area (Å²) in [6, 6.07) is 5.77. The van der Waals surface area contributed by atoms with Crippen LogP contribution in [-0.2, 0) is 20.7 Å². The quantitative estimate of drug-likeness (QED) is 0.656. The Morgan fingerprint density at radius 3 is 2.11 bits per heavy atom. The van der Waals surface area contributed by atoms with Gasteiger partial charge in [0.15, 0.2) is 5.41 Å². The van der Waals surface area contributed by atoms with E-state index in [0.29, 0.717) is 0 Å². The second-order valence-electron chi connectivity index (χ2n) is 4.80. The van der Waals surface area contributed by atoms with Gasteiger partial charge in [0.25, 0.3) is 0 Å². The third-order valence-electron chi connectivity index (χ3n) is 2.95. The molecule has 4 nitrogen and oxygen atoms in total. The van der Waals surface area contributed by atoms with E-state index < -0.39 is 17.4 Å². The van der Waals surface area contributed by atoms with Crippen LogP contribution >= 0.6 is 0 Å². The van der Waals surface area contributed by atoms with Crippen molar-refractivity contribution in [3.8, 4) is 0 Å². The molecule has 0 radical (unpaired) electrons. The van der Waals surface area contributed by atoms with Crippen molar-refractivity contribution in [3.05, 3.63) is 34.9 Å². The molecule has 0 heterocycles. The fourth-order valence-corrected chi connectivity index (χ4v) is 2.04. The fourth-order valence-electron chi connectivity index (χ4n) is 2.04. The number of aliphatic carboxylic acids is 1. The molecule has 0 spiro atoms. The number of hydrogen-bond donors (Lipinski definition) is 1. The van der Waals surface area contributed by atoms with Gasteiger partial charge in [0.2, 0.25) is 0 Å². The lowest BCUT2D eigenvalue weighted by Crippen LogP contribution is -2.39. The Bertz CT molecular complexity index is 458. The minimum atomic E-state index is -1.55. The minimum Gasteiger partial charge on any atom is -0.480 e. The van der Waals surface area contributed by atoms with Gasteiger partial charge in [-0.1, -0.05) is 29.3 Å². The van der Waals surface area contributed by atoms with E-state index in [1.165, 1.54) is 14.0 Å². The molecule has 0 saturated heterocycles. The SMILES string of the molecule is COC(=O)C(C)(Cc1cc(C)cc(C)c1)C(=O)O. The van der Waals surface area contributed by atoms with E-state index in [0.717, 1.165) is 16.7 Å². The molecule has 0 fully saturated rings. The Balaban J connectivity index is 3.11.